The van der Waals surface area contributed by atoms with Crippen LogP contribution in [0.2, 0.25) is 0 Å². The second-order valence-corrected chi connectivity index (χ2v) is 6.06. The molecule has 1 aromatic rings. The summed E-state index contributed by atoms with van der Waals surface area (Å²) in [4.78, 5) is 12.2. The van der Waals surface area contributed by atoms with Crippen molar-refractivity contribution in [2.24, 2.45) is 5.92 Å². The summed E-state index contributed by atoms with van der Waals surface area (Å²) in [7, 11) is 0. The average molecular weight is 273 g/mol. The van der Waals surface area contributed by atoms with Crippen molar-refractivity contribution in [3.05, 3.63) is 23.8 Å². The zero-order valence-electron chi connectivity index (χ0n) is 11.5. The van der Waals surface area contributed by atoms with Crippen molar-refractivity contribution in [1.82, 2.24) is 5.32 Å². The van der Waals surface area contributed by atoms with Gasteiger partial charge in [0.2, 0.25) is 5.91 Å². The van der Waals surface area contributed by atoms with Crippen LogP contribution in [-0.4, -0.2) is 19.1 Å². The van der Waals surface area contributed by atoms with Gasteiger partial charge >= 0.3 is 0 Å². The maximum absolute atomic E-state index is 12.2. The summed E-state index contributed by atoms with van der Waals surface area (Å²) in [5.74, 6) is 2.08. The zero-order valence-corrected chi connectivity index (χ0v) is 11.5. The Balaban J connectivity index is 1.55. The Bertz CT molecular complexity index is 547. The molecule has 0 bridgehead atoms. The lowest BCUT2D eigenvalue weighted by atomic mass is 9.84. The van der Waals surface area contributed by atoms with Crippen LogP contribution in [0.4, 0.5) is 0 Å². The molecule has 0 aromatic heterocycles. The number of rotatable bonds is 3. The van der Waals surface area contributed by atoms with Gasteiger partial charge in [0.25, 0.3) is 0 Å². The predicted molar refractivity (Wildman–Crippen MR) is 73.8 cm³/mol. The average Bonchev–Trinajstić information content (AvgIpc) is 3.17. The van der Waals surface area contributed by atoms with E-state index in [2.05, 4.69) is 11.4 Å². The summed E-state index contributed by atoms with van der Waals surface area (Å²) < 4.78 is 11.2. The van der Waals surface area contributed by atoms with E-state index in [1.807, 2.05) is 12.1 Å². The van der Waals surface area contributed by atoms with E-state index < -0.39 is 0 Å². The Kier molecular flexibility index (Phi) is 2.65. The van der Waals surface area contributed by atoms with Gasteiger partial charge in [0, 0.05) is 5.92 Å². The van der Waals surface area contributed by atoms with Gasteiger partial charge in [-0.3, -0.25) is 4.79 Å². The number of hydrogen-bond donors (Lipinski definition) is 1. The molecule has 1 N–H and O–H groups in total. The fourth-order valence-electron chi connectivity index (χ4n) is 2.96. The number of hydrogen-bond acceptors (Lipinski definition) is 3. The number of amides is 1. The van der Waals surface area contributed by atoms with E-state index in [0.717, 1.165) is 42.7 Å². The van der Waals surface area contributed by atoms with E-state index in [-0.39, 0.29) is 17.4 Å². The Morgan fingerprint density at radius 1 is 1.15 bits per heavy atom. The number of carbonyl (C=O) groups is 1. The smallest absolute Gasteiger partial charge is 0.223 e. The minimum absolute atomic E-state index is 0.150. The van der Waals surface area contributed by atoms with E-state index in [1.165, 1.54) is 6.42 Å². The van der Waals surface area contributed by atoms with E-state index >= 15 is 0 Å². The second kappa shape index (κ2) is 4.40. The van der Waals surface area contributed by atoms with Gasteiger partial charge in [0.05, 0.1) is 5.54 Å². The second-order valence-electron chi connectivity index (χ2n) is 6.06. The van der Waals surface area contributed by atoms with Gasteiger partial charge in [0.1, 0.15) is 13.2 Å². The summed E-state index contributed by atoms with van der Waals surface area (Å²) in [6.07, 6.45) is 5.32. The van der Waals surface area contributed by atoms with Crippen LogP contribution >= 0.6 is 0 Å². The summed E-state index contributed by atoms with van der Waals surface area (Å²) in [6.45, 7) is 1.20. The molecule has 0 atom stereocenters. The normalized spacial score (nSPS) is 22.8. The number of fused-ring (bicyclic) bond motifs is 1. The molecule has 1 aliphatic heterocycles. The highest BCUT2D eigenvalue weighted by Gasteiger charge is 2.47. The monoisotopic (exact) mass is 273 g/mol. The van der Waals surface area contributed by atoms with E-state index in [9.17, 15) is 4.79 Å². The first kappa shape index (κ1) is 12.1. The van der Waals surface area contributed by atoms with Crippen LogP contribution < -0.4 is 14.8 Å². The van der Waals surface area contributed by atoms with Crippen molar-refractivity contribution in [2.45, 2.75) is 37.6 Å². The first-order valence-electron chi connectivity index (χ1n) is 7.49. The van der Waals surface area contributed by atoms with Gasteiger partial charge in [-0.2, -0.15) is 0 Å². The molecule has 4 heteroatoms. The lowest BCUT2D eigenvalue weighted by Crippen LogP contribution is -2.41. The maximum atomic E-state index is 12.2. The third-order valence-electron chi connectivity index (χ3n) is 4.68. The maximum Gasteiger partial charge on any atom is 0.223 e. The molecule has 0 spiro atoms. The van der Waals surface area contributed by atoms with Crippen LogP contribution in [0.1, 0.15) is 37.7 Å². The highest BCUT2D eigenvalue weighted by molar-refractivity contribution is 5.81. The third kappa shape index (κ3) is 1.94. The van der Waals surface area contributed by atoms with Crippen molar-refractivity contribution < 1.29 is 14.3 Å². The SMILES string of the molecule is O=C(NC1(c2ccc3c(c2)OCCO3)CC1)C1CCC1. The van der Waals surface area contributed by atoms with Gasteiger partial charge < -0.3 is 14.8 Å². The topological polar surface area (TPSA) is 47.6 Å². The van der Waals surface area contributed by atoms with E-state index in [4.69, 9.17) is 9.47 Å². The quantitative estimate of drug-likeness (QED) is 0.919. The first-order chi connectivity index (χ1) is 9.77. The van der Waals surface area contributed by atoms with Crippen molar-refractivity contribution in [2.75, 3.05) is 13.2 Å². The molecule has 2 saturated carbocycles. The van der Waals surface area contributed by atoms with Crippen molar-refractivity contribution in [1.29, 1.82) is 0 Å². The summed E-state index contributed by atoms with van der Waals surface area (Å²) in [5, 5.41) is 3.26. The molecule has 4 nitrogen and oxygen atoms in total. The Morgan fingerprint density at radius 3 is 2.55 bits per heavy atom. The molecule has 0 unspecified atom stereocenters. The van der Waals surface area contributed by atoms with Crippen molar-refractivity contribution >= 4 is 5.91 Å². The van der Waals surface area contributed by atoms with E-state index in [0.29, 0.717) is 13.2 Å². The van der Waals surface area contributed by atoms with Gasteiger partial charge in [-0.05, 0) is 43.4 Å². The molecule has 0 radical (unpaired) electrons. The van der Waals surface area contributed by atoms with Crippen molar-refractivity contribution in [3.63, 3.8) is 0 Å². The van der Waals surface area contributed by atoms with Crippen LogP contribution in [0.25, 0.3) is 0 Å². The molecule has 4 rings (SSSR count). The summed E-state index contributed by atoms with van der Waals surface area (Å²) >= 11 is 0. The van der Waals surface area contributed by atoms with Crippen LogP contribution in [0, 0.1) is 5.92 Å². The fourth-order valence-corrected chi connectivity index (χ4v) is 2.96. The molecule has 20 heavy (non-hydrogen) atoms. The first-order valence-corrected chi connectivity index (χ1v) is 7.49. The van der Waals surface area contributed by atoms with E-state index in [1.54, 1.807) is 0 Å². The highest BCUT2D eigenvalue weighted by atomic mass is 16.6. The molecule has 1 heterocycles. The minimum Gasteiger partial charge on any atom is -0.486 e. The van der Waals surface area contributed by atoms with Gasteiger partial charge in [-0.15, -0.1) is 0 Å². The molecule has 3 aliphatic rings. The van der Waals surface area contributed by atoms with Crippen LogP contribution in [0.3, 0.4) is 0 Å². The standard InChI is InChI=1S/C16H19NO3/c18-15(11-2-1-3-11)17-16(6-7-16)12-4-5-13-14(10-12)20-9-8-19-13/h4-5,10-11H,1-3,6-9H2,(H,17,18). The fraction of sp³-hybridized carbons (Fsp3) is 0.562. The lowest BCUT2D eigenvalue weighted by Gasteiger charge is -2.28. The Labute approximate surface area is 118 Å². The van der Waals surface area contributed by atoms with Crippen molar-refractivity contribution in [3.8, 4) is 11.5 Å². The minimum atomic E-state index is -0.150. The number of benzene rings is 1. The molecular weight excluding hydrogens is 254 g/mol. The molecule has 1 amide bonds. The Morgan fingerprint density at radius 2 is 1.90 bits per heavy atom. The lowest BCUT2D eigenvalue weighted by molar-refractivity contribution is -0.128. The van der Waals surface area contributed by atoms with Crippen LogP contribution in [0.15, 0.2) is 18.2 Å². The van der Waals surface area contributed by atoms with Crippen LogP contribution in [-0.2, 0) is 10.3 Å². The largest absolute Gasteiger partial charge is 0.486 e. The molecular formula is C16H19NO3. The highest BCUT2D eigenvalue weighted by Crippen LogP contribution is 2.48. The zero-order chi connectivity index (χ0) is 13.6. The predicted octanol–water partition coefficient (Wildman–Crippen LogP) is 2.36. The van der Waals surface area contributed by atoms with Gasteiger partial charge in [-0.1, -0.05) is 12.5 Å². The molecule has 0 saturated heterocycles. The third-order valence-corrected chi connectivity index (χ3v) is 4.68. The number of nitrogens with one attached hydrogen (secondary N) is 1. The molecule has 2 fully saturated rings. The Hall–Kier alpha value is -1.71. The number of carbonyl (C=O) groups excluding carboxylic acids is 1. The molecule has 1 aromatic carbocycles. The molecule has 2 aliphatic carbocycles. The van der Waals surface area contributed by atoms with Crippen LogP contribution in [0.5, 0.6) is 11.5 Å². The molecule has 106 valence electrons. The summed E-state index contributed by atoms with van der Waals surface area (Å²) in [6, 6.07) is 6.05. The van der Waals surface area contributed by atoms with Gasteiger partial charge in [-0.25, -0.2) is 0 Å². The number of ether oxygens (including phenoxy) is 2. The van der Waals surface area contributed by atoms with Gasteiger partial charge in [0.15, 0.2) is 11.5 Å². The summed E-state index contributed by atoms with van der Waals surface area (Å²) in [5.41, 5.74) is 0.997.